The van der Waals surface area contributed by atoms with Gasteiger partial charge in [0.15, 0.2) is 0 Å². The number of pyridine rings is 1. The van der Waals surface area contributed by atoms with Gasteiger partial charge in [-0.1, -0.05) is 12.8 Å². The first kappa shape index (κ1) is 14.8. The number of hydrogen-bond donors (Lipinski definition) is 2. The summed E-state index contributed by atoms with van der Waals surface area (Å²) < 4.78 is 0. The van der Waals surface area contributed by atoms with Crippen LogP contribution >= 0.6 is 0 Å². The Hall–Kier alpha value is -1.62. The van der Waals surface area contributed by atoms with Gasteiger partial charge in [-0.2, -0.15) is 0 Å². The Bertz CT molecular complexity index is 410. The molecule has 0 spiro atoms. The molecular formula is C15H24N4O. The van der Waals surface area contributed by atoms with Crippen LogP contribution in [-0.2, 0) is 0 Å². The van der Waals surface area contributed by atoms with Crippen molar-refractivity contribution in [3.8, 4) is 0 Å². The zero-order valence-electron chi connectivity index (χ0n) is 12.0. The molecule has 0 atom stereocenters. The summed E-state index contributed by atoms with van der Waals surface area (Å²) in [6, 6.07) is 3.80. The summed E-state index contributed by atoms with van der Waals surface area (Å²) in [6.45, 7) is 3.33. The van der Waals surface area contributed by atoms with Gasteiger partial charge in [-0.05, 0) is 37.9 Å². The van der Waals surface area contributed by atoms with E-state index in [2.05, 4.69) is 15.2 Å². The topological polar surface area (TPSA) is 71.2 Å². The summed E-state index contributed by atoms with van der Waals surface area (Å²) in [6.07, 6.45) is 7.52. The highest BCUT2D eigenvalue weighted by molar-refractivity contribution is 5.94. The van der Waals surface area contributed by atoms with E-state index < -0.39 is 0 Å². The maximum absolute atomic E-state index is 11.9. The lowest BCUT2D eigenvalue weighted by atomic mass is 10.2. The molecule has 1 aromatic rings. The number of nitrogens with zero attached hydrogens (tertiary/aromatic N) is 2. The highest BCUT2D eigenvalue weighted by Crippen LogP contribution is 2.17. The lowest BCUT2D eigenvalue weighted by Gasteiger charge is -2.21. The molecular weight excluding hydrogens is 252 g/mol. The van der Waals surface area contributed by atoms with Gasteiger partial charge in [-0.25, -0.2) is 4.98 Å². The van der Waals surface area contributed by atoms with Crippen LogP contribution in [-0.4, -0.2) is 37.1 Å². The van der Waals surface area contributed by atoms with Crippen LogP contribution in [0.25, 0.3) is 0 Å². The smallest absolute Gasteiger partial charge is 0.252 e. The van der Waals surface area contributed by atoms with Crippen molar-refractivity contribution < 1.29 is 4.79 Å². The molecule has 1 aliphatic heterocycles. The average molecular weight is 276 g/mol. The van der Waals surface area contributed by atoms with Crippen molar-refractivity contribution >= 4 is 11.7 Å². The summed E-state index contributed by atoms with van der Waals surface area (Å²) in [5, 5.41) is 2.84. The Labute approximate surface area is 120 Å². The fraction of sp³-hybridized carbons (Fsp3) is 0.600. The molecule has 110 valence electrons. The largest absolute Gasteiger partial charge is 0.357 e. The van der Waals surface area contributed by atoms with E-state index in [0.29, 0.717) is 18.7 Å². The van der Waals surface area contributed by atoms with E-state index in [4.69, 9.17) is 5.73 Å². The number of nitrogens with one attached hydrogen (secondary N) is 1. The molecule has 1 aliphatic rings. The predicted molar refractivity (Wildman–Crippen MR) is 80.9 cm³/mol. The number of carbonyl (C=O) groups is 1. The first-order chi connectivity index (χ1) is 9.81. The second kappa shape index (κ2) is 7.85. The van der Waals surface area contributed by atoms with Crippen LogP contribution in [0.5, 0.6) is 0 Å². The number of aromatic nitrogens is 1. The van der Waals surface area contributed by atoms with Gasteiger partial charge in [0.25, 0.3) is 5.91 Å². The van der Waals surface area contributed by atoms with Crippen molar-refractivity contribution in [3.63, 3.8) is 0 Å². The van der Waals surface area contributed by atoms with Crippen LogP contribution in [0, 0.1) is 0 Å². The number of amides is 1. The Balaban J connectivity index is 1.93. The summed E-state index contributed by atoms with van der Waals surface area (Å²) in [5.74, 6) is 0.902. The standard InChI is InChI=1S/C15H24N4O/c16-8-5-9-17-15(20)13-6-7-14(18-12-13)19-10-3-1-2-4-11-19/h6-7,12H,1-5,8-11,16H2,(H,17,20). The number of carbonyl (C=O) groups excluding carboxylic acids is 1. The third-order valence-corrected chi connectivity index (χ3v) is 3.61. The molecule has 0 radical (unpaired) electrons. The summed E-state index contributed by atoms with van der Waals surface area (Å²) in [4.78, 5) is 18.6. The summed E-state index contributed by atoms with van der Waals surface area (Å²) in [7, 11) is 0. The minimum absolute atomic E-state index is 0.0756. The Morgan fingerprint density at radius 3 is 2.60 bits per heavy atom. The quantitative estimate of drug-likeness (QED) is 0.800. The van der Waals surface area contributed by atoms with Crippen LogP contribution in [0.2, 0.25) is 0 Å². The minimum atomic E-state index is -0.0756. The van der Waals surface area contributed by atoms with Crippen LogP contribution in [0.3, 0.4) is 0 Å². The van der Waals surface area contributed by atoms with Crippen molar-refractivity contribution in [2.75, 3.05) is 31.1 Å². The van der Waals surface area contributed by atoms with Crippen molar-refractivity contribution in [1.29, 1.82) is 0 Å². The molecule has 0 saturated carbocycles. The minimum Gasteiger partial charge on any atom is -0.357 e. The number of hydrogen-bond acceptors (Lipinski definition) is 4. The molecule has 0 unspecified atom stereocenters. The second-order valence-corrected chi connectivity index (χ2v) is 5.20. The monoisotopic (exact) mass is 276 g/mol. The molecule has 0 bridgehead atoms. The van der Waals surface area contributed by atoms with Crippen molar-refractivity contribution in [1.82, 2.24) is 10.3 Å². The lowest BCUT2D eigenvalue weighted by molar-refractivity contribution is 0.0953. The van der Waals surface area contributed by atoms with Gasteiger partial charge < -0.3 is 16.0 Å². The highest BCUT2D eigenvalue weighted by atomic mass is 16.1. The zero-order chi connectivity index (χ0) is 14.2. The fourth-order valence-corrected chi connectivity index (χ4v) is 2.41. The molecule has 2 rings (SSSR count). The number of anilines is 1. The van der Waals surface area contributed by atoms with Gasteiger partial charge in [0.05, 0.1) is 5.56 Å². The molecule has 1 saturated heterocycles. The van der Waals surface area contributed by atoms with Gasteiger partial charge in [0, 0.05) is 25.8 Å². The average Bonchev–Trinajstić information content (AvgIpc) is 2.77. The van der Waals surface area contributed by atoms with E-state index in [-0.39, 0.29) is 5.91 Å². The van der Waals surface area contributed by atoms with Crippen LogP contribution in [0.1, 0.15) is 42.5 Å². The van der Waals surface area contributed by atoms with E-state index >= 15 is 0 Å². The Morgan fingerprint density at radius 1 is 1.25 bits per heavy atom. The van der Waals surface area contributed by atoms with E-state index in [1.807, 2.05) is 12.1 Å². The lowest BCUT2D eigenvalue weighted by Crippen LogP contribution is -2.27. The van der Waals surface area contributed by atoms with Crippen LogP contribution in [0.4, 0.5) is 5.82 Å². The molecule has 0 aliphatic carbocycles. The first-order valence-electron chi connectivity index (χ1n) is 7.50. The number of rotatable bonds is 5. The summed E-state index contributed by atoms with van der Waals surface area (Å²) in [5.41, 5.74) is 6.01. The van der Waals surface area contributed by atoms with E-state index in [9.17, 15) is 4.79 Å². The molecule has 5 heteroatoms. The van der Waals surface area contributed by atoms with E-state index in [0.717, 1.165) is 25.3 Å². The maximum Gasteiger partial charge on any atom is 0.252 e. The molecule has 5 nitrogen and oxygen atoms in total. The van der Waals surface area contributed by atoms with Crippen LogP contribution in [0.15, 0.2) is 18.3 Å². The second-order valence-electron chi connectivity index (χ2n) is 5.20. The summed E-state index contributed by atoms with van der Waals surface area (Å²) >= 11 is 0. The Kier molecular flexibility index (Phi) is 5.80. The van der Waals surface area contributed by atoms with E-state index in [1.54, 1.807) is 6.20 Å². The normalized spacial score (nSPS) is 15.8. The predicted octanol–water partition coefficient (Wildman–Crippen LogP) is 1.54. The molecule has 1 fully saturated rings. The molecule has 1 amide bonds. The molecule has 20 heavy (non-hydrogen) atoms. The fourth-order valence-electron chi connectivity index (χ4n) is 2.41. The molecule has 3 N–H and O–H groups in total. The zero-order valence-corrected chi connectivity index (χ0v) is 12.0. The van der Waals surface area contributed by atoms with Crippen LogP contribution < -0.4 is 16.0 Å². The Morgan fingerprint density at radius 2 is 2.00 bits per heavy atom. The molecule has 2 heterocycles. The highest BCUT2D eigenvalue weighted by Gasteiger charge is 2.12. The van der Waals surface area contributed by atoms with Crippen molar-refractivity contribution in [3.05, 3.63) is 23.9 Å². The van der Waals surface area contributed by atoms with Gasteiger partial charge >= 0.3 is 0 Å². The maximum atomic E-state index is 11.9. The third-order valence-electron chi connectivity index (χ3n) is 3.61. The van der Waals surface area contributed by atoms with Gasteiger partial charge in [-0.15, -0.1) is 0 Å². The first-order valence-corrected chi connectivity index (χ1v) is 7.50. The van der Waals surface area contributed by atoms with Gasteiger partial charge in [0.1, 0.15) is 5.82 Å². The SMILES string of the molecule is NCCCNC(=O)c1ccc(N2CCCCCC2)nc1. The van der Waals surface area contributed by atoms with E-state index in [1.165, 1.54) is 25.7 Å². The van der Waals surface area contributed by atoms with Crippen molar-refractivity contribution in [2.45, 2.75) is 32.1 Å². The van der Waals surface area contributed by atoms with Gasteiger partial charge in [0.2, 0.25) is 0 Å². The van der Waals surface area contributed by atoms with Gasteiger partial charge in [-0.3, -0.25) is 4.79 Å². The molecule has 0 aromatic carbocycles. The molecule has 1 aromatic heterocycles. The number of nitrogens with two attached hydrogens (primary N) is 1. The third kappa shape index (κ3) is 4.20. The van der Waals surface area contributed by atoms with Crippen molar-refractivity contribution in [2.24, 2.45) is 5.73 Å².